The van der Waals surface area contributed by atoms with Crippen molar-refractivity contribution < 1.29 is 14.3 Å². The Bertz CT molecular complexity index is 818. The highest BCUT2D eigenvalue weighted by Gasteiger charge is 2.05. The van der Waals surface area contributed by atoms with Gasteiger partial charge in [-0.15, -0.1) is 12.3 Å². The summed E-state index contributed by atoms with van der Waals surface area (Å²) in [5.41, 5.74) is 2.66. The minimum Gasteiger partial charge on any atom is -0.493 e. The summed E-state index contributed by atoms with van der Waals surface area (Å²) >= 11 is 0. The number of unbranched alkanes of at least 4 members (excludes halogenated alkanes) is 1. The number of methoxy groups -OCH3 is 1. The summed E-state index contributed by atoms with van der Waals surface area (Å²) in [7, 11) is 1.59. The Hall–Kier alpha value is -3.19. The fourth-order valence-electron chi connectivity index (χ4n) is 2.32. The Balaban J connectivity index is 2.00. The van der Waals surface area contributed by atoms with Crippen LogP contribution in [0.2, 0.25) is 0 Å². The van der Waals surface area contributed by atoms with Crippen LogP contribution in [0.4, 0.5) is 5.69 Å². The van der Waals surface area contributed by atoms with Crippen LogP contribution in [0.1, 0.15) is 24.0 Å². The number of para-hydroxylation sites is 1. The van der Waals surface area contributed by atoms with E-state index in [1.807, 2.05) is 49.4 Å². The van der Waals surface area contributed by atoms with Gasteiger partial charge in [-0.1, -0.05) is 24.3 Å². The lowest BCUT2D eigenvalue weighted by Gasteiger charge is -2.11. The summed E-state index contributed by atoms with van der Waals surface area (Å²) in [4.78, 5) is 12.1. The molecule has 0 atom stereocenters. The van der Waals surface area contributed by atoms with Gasteiger partial charge in [-0.25, -0.2) is 0 Å². The van der Waals surface area contributed by atoms with Crippen LogP contribution in [-0.2, 0) is 4.79 Å². The van der Waals surface area contributed by atoms with Crippen molar-refractivity contribution in [2.45, 2.75) is 19.8 Å². The molecular formula is C22H23NO3. The number of benzene rings is 2. The number of aryl methyl sites for hydroxylation is 1. The van der Waals surface area contributed by atoms with E-state index in [-0.39, 0.29) is 5.91 Å². The van der Waals surface area contributed by atoms with E-state index < -0.39 is 0 Å². The van der Waals surface area contributed by atoms with Crippen LogP contribution in [0, 0.1) is 19.3 Å². The number of amides is 1. The number of hydrogen-bond donors (Lipinski definition) is 1. The lowest BCUT2D eigenvalue weighted by atomic mass is 10.1. The van der Waals surface area contributed by atoms with Gasteiger partial charge in [0, 0.05) is 18.2 Å². The highest BCUT2D eigenvalue weighted by atomic mass is 16.5. The highest BCUT2D eigenvalue weighted by molar-refractivity contribution is 6.02. The van der Waals surface area contributed by atoms with Crippen LogP contribution in [0.5, 0.6) is 11.5 Å². The Morgan fingerprint density at radius 3 is 2.77 bits per heavy atom. The lowest BCUT2D eigenvalue weighted by Crippen LogP contribution is -2.08. The first-order valence-corrected chi connectivity index (χ1v) is 8.43. The van der Waals surface area contributed by atoms with Gasteiger partial charge in [0.2, 0.25) is 5.91 Å². The second-order valence-electron chi connectivity index (χ2n) is 5.70. The molecule has 0 aliphatic carbocycles. The molecule has 0 aromatic heterocycles. The van der Waals surface area contributed by atoms with Crippen molar-refractivity contribution in [2.24, 2.45) is 0 Å². The lowest BCUT2D eigenvalue weighted by molar-refractivity contribution is -0.111. The number of hydrogen-bond acceptors (Lipinski definition) is 3. The standard InChI is InChI=1S/C22H23NO3/c1-4-5-8-15-26-20-13-11-18(16-21(20)25-3)12-14-22(24)23-19-10-7-6-9-17(19)2/h1,6-7,9-14,16H,5,8,15H2,2-3H3,(H,23,24)/b14-12+. The second kappa shape index (κ2) is 9.95. The van der Waals surface area contributed by atoms with Crippen LogP contribution >= 0.6 is 0 Å². The molecule has 2 rings (SSSR count). The van der Waals surface area contributed by atoms with Crippen LogP contribution in [-0.4, -0.2) is 19.6 Å². The van der Waals surface area contributed by atoms with Gasteiger partial charge in [-0.3, -0.25) is 4.79 Å². The van der Waals surface area contributed by atoms with Crippen molar-refractivity contribution >= 4 is 17.7 Å². The number of rotatable bonds is 8. The van der Waals surface area contributed by atoms with E-state index in [4.69, 9.17) is 15.9 Å². The molecule has 0 saturated carbocycles. The third-order valence-corrected chi connectivity index (χ3v) is 3.74. The van der Waals surface area contributed by atoms with Crippen molar-refractivity contribution in [3.8, 4) is 23.8 Å². The van der Waals surface area contributed by atoms with Crippen LogP contribution < -0.4 is 14.8 Å². The maximum absolute atomic E-state index is 12.1. The van der Waals surface area contributed by atoms with E-state index in [1.165, 1.54) is 6.08 Å². The van der Waals surface area contributed by atoms with Crippen molar-refractivity contribution in [3.63, 3.8) is 0 Å². The number of carbonyl (C=O) groups excluding carboxylic acids is 1. The number of anilines is 1. The summed E-state index contributed by atoms with van der Waals surface area (Å²) in [6, 6.07) is 13.2. The maximum atomic E-state index is 12.1. The van der Waals surface area contributed by atoms with E-state index in [1.54, 1.807) is 13.2 Å². The molecular weight excluding hydrogens is 326 g/mol. The molecule has 0 heterocycles. The van der Waals surface area contributed by atoms with Gasteiger partial charge in [0.25, 0.3) is 0 Å². The first-order valence-electron chi connectivity index (χ1n) is 8.43. The molecule has 134 valence electrons. The van der Waals surface area contributed by atoms with Gasteiger partial charge in [0.15, 0.2) is 11.5 Å². The van der Waals surface area contributed by atoms with E-state index in [9.17, 15) is 4.79 Å². The Morgan fingerprint density at radius 1 is 1.23 bits per heavy atom. The summed E-state index contributed by atoms with van der Waals surface area (Å²) < 4.78 is 11.0. The molecule has 1 N–H and O–H groups in total. The SMILES string of the molecule is C#CCCCOc1ccc(/C=C/C(=O)Nc2ccccc2C)cc1OC. The minimum atomic E-state index is -0.187. The molecule has 0 bridgehead atoms. The van der Waals surface area contributed by atoms with Gasteiger partial charge in [0.05, 0.1) is 13.7 Å². The zero-order valence-corrected chi connectivity index (χ0v) is 15.1. The van der Waals surface area contributed by atoms with Crippen molar-refractivity contribution in [1.29, 1.82) is 0 Å². The molecule has 0 fully saturated rings. The monoisotopic (exact) mass is 349 g/mol. The van der Waals surface area contributed by atoms with Crippen molar-refractivity contribution in [2.75, 3.05) is 19.0 Å². The van der Waals surface area contributed by atoms with Gasteiger partial charge in [-0.05, 0) is 48.7 Å². The summed E-state index contributed by atoms with van der Waals surface area (Å²) in [6.45, 7) is 2.49. The summed E-state index contributed by atoms with van der Waals surface area (Å²) in [5, 5.41) is 2.86. The number of carbonyl (C=O) groups is 1. The molecule has 0 saturated heterocycles. The zero-order chi connectivity index (χ0) is 18.8. The molecule has 0 unspecified atom stereocenters. The van der Waals surface area contributed by atoms with E-state index >= 15 is 0 Å². The predicted octanol–water partition coefficient (Wildman–Crippen LogP) is 4.45. The third kappa shape index (κ3) is 5.71. The maximum Gasteiger partial charge on any atom is 0.248 e. The molecule has 0 aliphatic heterocycles. The number of ether oxygens (including phenoxy) is 2. The smallest absolute Gasteiger partial charge is 0.248 e. The van der Waals surface area contributed by atoms with Gasteiger partial charge in [-0.2, -0.15) is 0 Å². The molecule has 0 aliphatic rings. The van der Waals surface area contributed by atoms with Crippen molar-refractivity contribution in [1.82, 2.24) is 0 Å². The zero-order valence-electron chi connectivity index (χ0n) is 15.1. The first-order chi connectivity index (χ1) is 12.6. The highest BCUT2D eigenvalue weighted by Crippen LogP contribution is 2.28. The molecule has 2 aromatic rings. The molecule has 0 spiro atoms. The topological polar surface area (TPSA) is 47.6 Å². The molecule has 0 radical (unpaired) electrons. The fourth-order valence-corrected chi connectivity index (χ4v) is 2.32. The van der Waals surface area contributed by atoms with Crippen molar-refractivity contribution in [3.05, 3.63) is 59.7 Å². The van der Waals surface area contributed by atoms with Gasteiger partial charge < -0.3 is 14.8 Å². The number of nitrogens with one attached hydrogen (secondary N) is 1. The molecule has 4 nitrogen and oxygen atoms in total. The van der Waals surface area contributed by atoms with Gasteiger partial charge in [0.1, 0.15) is 0 Å². The average molecular weight is 349 g/mol. The number of terminal acetylenes is 1. The van der Waals surface area contributed by atoms with E-state index in [0.29, 0.717) is 24.5 Å². The van der Waals surface area contributed by atoms with Crippen LogP contribution in [0.25, 0.3) is 6.08 Å². The Morgan fingerprint density at radius 2 is 2.04 bits per heavy atom. The van der Waals surface area contributed by atoms with Crippen LogP contribution in [0.3, 0.4) is 0 Å². The molecule has 1 amide bonds. The molecule has 2 aromatic carbocycles. The Kier molecular flexibility index (Phi) is 7.32. The minimum absolute atomic E-state index is 0.187. The predicted molar refractivity (Wildman–Crippen MR) is 105 cm³/mol. The molecule has 4 heteroatoms. The third-order valence-electron chi connectivity index (χ3n) is 3.74. The Labute approximate surface area is 154 Å². The second-order valence-corrected chi connectivity index (χ2v) is 5.70. The quantitative estimate of drug-likeness (QED) is 0.435. The average Bonchev–Trinajstić information content (AvgIpc) is 2.66. The van der Waals surface area contributed by atoms with Crippen LogP contribution in [0.15, 0.2) is 48.5 Å². The van der Waals surface area contributed by atoms with E-state index in [0.717, 1.165) is 23.2 Å². The largest absolute Gasteiger partial charge is 0.493 e. The first kappa shape index (κ1) is 19.1. The summed E-state index contributed by atoms with van der Waals surface area (Å²) in [6.07, 6.45) is 9.93. The normalized spacial score (nSPS) is 10.3. The van der Waals surface area contributed by atoms with Gasteiger partial charge >= 0.3 is 0 Å². The molecule has 26 heavy (non-hydrogen) atoms. The van der Waals surface area contributed by atoms with E-state index in [2.05, 4.69) is 11.2 Å². The fraction of sp³-hybridized carbons (Fsp3) is 0.227. The summed E-state index contributed by atoms with van der Waals surface area (Å²) in [5.74, 6) is 3.67.